The number of fused-ring (bicyclic) bond motifs is 1. The lowest BCUT2D eigenvalue weighted by molar-refractivity contribution is 0.0961. The first-order valence-corrected chi connectivity index (χ1v) is 6.38. The Bertz CT molecular complexity index is 685. The molecule has 0 spiro atoms. The molecule has 0 aromatic heterocycles. The first-order chi connectivity index (χ1) is 9.63. The summed E-state index contributed by atoms with van der Waals surface area (Å²) in [7, 11) is 0. The molecule has 0 fully saturated rings. The van der Waals surface area contributed by atoms with E-state index in [9.17, 15) is 9.18 Å². The molecule has 0 N–H and O–H groups in total. The highest BCUT2D eigenvalue weighted by atomic mass is 35.5. The minimum Gasteiger partial charge on any atom is -0.489 e. The van der Waals surface area contributed by atoms with Crippen molar-refractivity contribution in [2.75, 3.05) is 6.61 Å². The van der Waals surface area contributed by atoms with Crippen LogP contribution in [-0.4, -0.2) is 12.4 Å². The van der Waals surface area contributed by atoms with Crippen LogP contribution in [0.25, 0.3) is 0 Å². The molecule has 0 bridgehead atoms. The number of carbonyl (C=O) groups excluding carboxylic acids is 1. The van der Waals surface area contributed by atoms with Gasteiger partial charge in [-0.25, -0.2) is 4.39 Å². The second kappa shape index (κ2) is 5.13. The number of benzene rings is 2. The molecule has 2 aromatic carbocycles. The minimum atomic E-state index is -0.386. The van der Waals surface area contributed by atoms with Crippen molar-refractivity contribution in [2.45, 2.75) is 6.61 Å². The van der Waals surface area contributed by atoms with Crippen molar-refractivity contribution in [2.24, 2.45) is 0 Å². The van der Waals surface area contributed by atoms with Crippen LogP contribution in [0.5, 0.6) is 11.5 Å². The molecule has 102 valence electrons. The lowest BCUT2D eigenvalue weighted by Gasteiger charge is -2.08. The molecule has 1 aliphatic heterocycles. The van der Waals surface area contributed by atoms with Crippen LogP contribution in [-0.2, 0) is 6.61 Å². The fourth-order valence-corrected chi connectivity index (χ4v) is 2.18. The van der Waals surface area contributed by atoms with Crippen LogP contribution in [0, 0.1) is 5.82 Å². The predicted octanol–water partition coefficient (Wildman–Crippen LogP) is 3.63. The van der Waals surface area contributed by atoms with Gasteiger partial charge in [0.1, 0.15) is 23.9 Å². The third kappa shape index (κ3) is 2.47. The average Bonchev–Trinajstić information content (AvgIpc) is 2.79. The van der Waals surface area contributed by atoms with Crippen molar-refractivity contribution in [1.29, 1.82) is 0 Å². The summed E-state index contributed by atoms with van der Waals surface area (Å²) in [6.45, 7) is 0.286. The van der Waals surface area contributed by atoms with Crippen molar-refractivity contribution in [3.63, 3.8) is 0 Å². The van der Waals surface area contributed by atoms with E-state index >= 15 is 0 Å². The Kier molecular flexibility index (Phi) is 3.32. The summed E-state index contributed by atoms with van der Waals surface area (Å²) < 4.78 is 23.7. The minimum absolute atomic E-state index is 0.0341. The third-order valence-electron chi connectivity index (χ3n) is 3.02. The lowest BCUT2D eigenvalue weighted by atomic mass is 10.1. The molecule has 1 heterocycles. The van der Waals surface area contributed by atoms with Gasteiger partial charge in [0, 0.05) is 11.6 Å². The Labute approximate surface area is 119 Å². The van der Waals surface area contributed by atoms with Gasteiger partial charge in [-0.3, -0.25) is 4.79 Å². The second-order valence-corrected chi connectivity index (χ2v) is 4.80. The first kappa shape index (κ1) is 12.9. The van der Waals surface area contributed by atoms with Gasteiger partial charge >= 0.3 is 0 Å². The van der Waals surface area contributed by atoms with E-state index < -0.39 is 0 Å². The van der Waals surface area contributed by atoms with Gasteiger partial charge in [0.05, 0.1) is 10.6 Å². The van der Waals surface area contributed by atoms with Crippen LogP contribution in [0.3, 0.4) is 0 Å². The smallest absolute Gasteiger partial charge is 0.203 e. The van der Waals surface area contributed by atoms with Crippen LogP contribution >= 0.6 is 11.6 Å². The summed E-state index contributed by atoms with van der Waals surface area (Å²) in [5, 5.41) is 0.317. The zero-order valence-corrected chi connectivity index (χ0v) is 11.1. The van der Waals surface area contributed by atoms with Crippen molar-refractivity contribution in [1.82, 2.24) is 0 Å². The third-order valence-corrected chi connectivity index (χ3v) is 3.37. The number of Topliss-reactive ketones (excluding diaryl/α,β-unsaturated/α-hetero) is 1. The molecule has 1 aliphatic rings. The molecule has 3 nitrogen and oxygen atoms in total. The Morgan fingerprint density at radius 1 is 1.25 bits per heavy atom. The maximum absolute atomic E-state index is 12.9. The highest BCUT2D eigenvalue weighted by molar-refractivity contribution is 6.31. The summed E-state index contributed by atoms with van der Waals surface area (Å²) in [5.41, 5.74) is 1.25. The van der Waals surface area contributed by atoms with E-state index in [1.807, 2.05) is 0 Å². The molecular formula is C15H10ClFO3. The topological polar surface area (TPSA) is 35.5 Å². The molecule has 5 heteroatoms. The predicted molar refractivity (Wildman–Crippen MR) is 72.0 cm³/mol. The van der Waals surface area contributed by atoms with Gasteiger partial charge < -0.3 is 9.47 Å². The summed E-state index contributed by atoms with van der Waals surface area (Å²) >= 11 is 5.92. The molecule has 0 unspecified atom stereocenters. The molecule has 3 rings (SSSR count). The molecule has 0 aliphatic carbocycles. The largest absolute Gasteiger partial charge is 0.489 e. The van der Waals surface area contributed by atoms with Crippen LogP contribution in [0.1, 0.15) is 15.9 Å². The maximum Gasteiger partial charge on any atom is 0.203 e. The van der Waals surface area contributed by atoms with Crippen molar-refractivity contribution >= 4 is 17.4 Å². The van der Waals surface area contributed by atoms with E-state index in [1.54, 1.807) is 24.3 Å². The van der Waals surface area contributed by atoms with Gasteiger partial charge in [-0.2, -0.15) is 0 Å². The number of hydrogen-bond donors (Lipinski definition) is 0. The highest BCUT2D eigenvalue weighted by Crippen LogP contribution is 2.30. The van der Waals surface area contributed by atoms with Gasteiger partial charge in [-0.05, 0) is 24.3 Å². The fraction of sp³-hybridized carbons (Fsp3) is 0.133. The van der Waals surface area contributed by atoms with Gasteiger partial charge in [-0.1, -0.05) is 17.7 Å². The zero-order valence-electron chi connectivity index (χ0n) is 10.4. The van der Waals surface area contributed by atoms with Crippen LogP contribution in [0.15, 0.2) is 36.4 Å². The summed E-state index contributed by atoms with van der Waals surface area (Å²) in [6.07, 6.45) is 0. The van der Waals surface area contributed by atoms with E-state index in [1.165, 1.54) is 12.1 Å². The molecular weight excluding hydrogens is 283 g/mol. The van der Waals surface area contributed by atoms with Gasteiger partial charge in [0.25, 0.3) is 0 Å². The van der Waals surface area contributed by atoms with Crippen LogP contribution in [0.2, 0.25) is 5.02 Å². The molecule has 0 saturated heterocycles. The molecule has 0 atom stereocenters. The number of carbonyl (C=O) groups is 1. The van der Waals surface area contributed by atoms with E-state index in [-0.39, 0.29) is 24.8 Å². The Balaban J connectivity index is 1.74. The fourth-order valence-electron chi connectivity index (χ4n) is 1.96. The highest BCUT2D eigenvalue weighted by Gasteiger charge is 2.21. The van der Waals surface area contributed by atoms with Crippen molar-refractivity contribution in [3.05, 3.63) is 58.4 Å². The SMILES string of the molecule is O=C1COc2cc(OCc3ccc(F)cc3Cl)ccc21. The molecule has 0 radical (unpaired) electrons. The monoisotopic (exact) mass is 292 g/mol. The first-order valence-electron chi connectivity index (χ1n) is 6.00. The quantitative estimate of drug-likeness (QED) is 0.866. The van der Waals surface area contributed by atoms with E-state index in [4.69, 9.17) is 21.1 Å². The van der Waals surface area contributed by atoms with E-state index in [0.29, 0.717) is 27.6 Å². The standard InChI is InChI=1S/C15H10ClFO3/c16-13-5-10(17)2-1-9(13)7-19-11-3-4-12-14(18)8-20-15(12)6-11/h1-6H,7-8H2. The Morgan fingerprint density at radius 2 is 2.10 bits per heavy atom. The average molecular weight is 293 g/mol. The Morgan fingerprint density at radius 3 is 2.90 bits per heavy atom. The zero-order chi connectivity index (χ0) is 14.1. The molecule has 2 aromatic rings. The van der Waals surface area contributed by atoms with Crippen molar-refractivity contribution in [3.8, 4) is 11.5 Å². The number of ketones is 1. The van der Waals surface area contributed by atoms with Gasteiger partial charge in [-0.15, -0.1) is 0 Å². The number of rotatable bonds is 3. The van der Waals surface area contributed by atoms with Crippen molar-refractivity contribution < 1.29 is 18.7 Å². The van der Waals surface area contributed by atoms with E-state index in [0.717, 1.165) is 0 Å². The van der Waals surface area contributed by atoms with Gasteiger partial charge in [0.15, 0.2) is 6.61 Å². The number of halogens is 2. The number of hydrogen-bond acceptors (Lipinski definition) is 3. The van der Waals surface area contributed by atoms with E-state index in [2.05, 4.69) is 0 Å². The van der Waals surface area contributed by atoms with Gasteiger partial charge in [0.2, 0.25) is 5.78 Å². The molecule has 20 heavy (non-hydrogen) atoms. The summed E-state index contributed by atoms with van der Waals surface area (Å²) in [6, 6.07) is 9.18. The second-order valence-electron chi connectivity index (χ2n) is 4.39. The normalized spacial score (nSPS) is 13.0. The van der Waals surface area contributed by atoms with Crippen LogP contribution < -0.4 is 9.47 Å². The van der Waals surface area contributed by atoms with Crippen LogP contribution in [0.4, 0.5) is 4.39 Å². The lowest BCUT2D eigenvalue weighted by Crippen LogP contribution is -1.98. The summed E-state index contributed by atoms with van der Waals surface area (Å²) in [5.74, 6) is 0.674. The molecule has 0 saturated carbocycles. The Hall–Kier alpha value is -2.07. The summed E-state index contributed by atoms with van der Waals surface area (Å²) in [4.78, 5) is 11.4. The number of ether oxygens (including phenoxy) is 2. The molecule has 0 amide bonds. The maximum atomic E-state index is 12.9.